The van der Waals surface area contributed by atoms with Crippen LogP contribution in [0.25, 0.3) is 0 Å². The standard InChI is InChI=1S/C22H26FN5O3S/c1-14-13-24-21(26-17-9-15(23)10-18(11-17)31-5)27-20(14)25-16-7-6-8-19(12-16)32(29,30)28-22(2,3)4/h6-13,28H,1-5H3,(H2,24,25,26,27). The van der Waals surface area contributed by atoms with Crippen molar-refractivity contribution in [1.29, 1.82) is 0 Å². The Kier molecular flexibility index (Phi) is 6.65. The number of aromatic nitrogens is 2. The van der Waals surface area contributed by atoms with Crippen LogP contribution in [0.4, 0.5) is 27.5 Å². The number of nitrogens with one attached hydrogen (secondary N) is 3. The van der Waals surface area contributed by atoms with Gasteiger partial charge in [0.15, 0.2) is 0 Å². The van der Waals surface area contributed by atoms with Gasteiger partial charge in [-0.1, -0.05) is 6.07 Å². The van der Waals surface area contributed by atoms with Gasteiger partial charge in [-0.3, -0.25) is 0 Å². The summed E-state index contributed by atoms with van der Waals surface area (Å²) in [6.45, 7) is 7.15. The third-order valence-electron chi connectivity index (χ3n) is 4.18. The minimum Gasteiger partial charge on any atom is -0.497 e. The number of hydrogen-bond acceptors (Lipinski definition) is 7. The highest BCUT2D eigenvalue weighted by Gasteiger charge is 2.22. The van der Waals surface area contributed by atoms with Crippen LogP contribution in [0.15, 0.2) is 53.6 Å². The first-order valence-electron chi connectivity index (χ1n) is 9.81. The van der Waals surface area contributed by atoms with Crippen molar-refractivity contribution in [3.8, 4) is 5.75 Å². The first kappa shape index (κ1) is 23.4. The third kappa shape index (κ3) is 6.14. The van der Waals surface area contributed by atoms with Crippen LogP contribution >= 0.6 is 0 Å². The predicted octanol–water partition coefficient (Wildman–Crippen LogP) is 4.50. The lowest BCUT2D eigenvalue weighted by molar-refractivity contribution is 0.411. The molecule has 0 aliphatic carbocycles. The maximum Gasteiger partial charge on any atom is 0.241 e. The van der Waals surface area contributed by atoms with Crippen LogP contribution in [0.3, 0.4) is 0 Å². The fraction of sp³-hybridized carbons (Fsp3) is 0.273. The average molecular weight is 460 g/mol. The molecule has 170 valence electrons. The van der Waals surface area contributed by atoms with E-state index in [2.05, 4.69) is 25.3 Å². The normalized spacial score (nSPS) is 11.8. The van der Waals surface area contributed by atoms with Gasteiger partial charge < -0.3 is 15.4 Å². The van der Waals surface area contributed by atoms with Crippen molar-refractivity contribution < 1.29 is 17.5 Å². The van der Waals surface area contributed by atoms with E-state index in [9.17, 15) is 12.8 Å². The van der Waals surface area contributed by atoms with Crippen molar-refractivity contribution in [2.75, 3.05) is 17.7 Å². The van der Waals surface area contributed by atoms with Gasteiger partial charge in [0, 0.05) is 40.8 Å². The molecule has 0 saturated carbocycles. The Hall–Kier alpha value is -3.24. The third-order valence-corrected chi connectivity index (χ3v) is 5.94. The van der Waals surface area contributed by atoms with E-state index in [1.54, 1.807) is 45.2 Å². The van der Waals surface area contributed by atoms with Crippen LogP contribution in [0.2, 0.25) is 0 Å². The van der Waals surface area contributed by atoms with E-state index in [1.165, 1.54) is 31.4 Å². The Morgan fingerprint density at radius 3 is 2.47 bits per heavy atom. The van der Waals surface area contributed by atoms with Crippen molar-refractivity contribution >= 4 is 33.2 Å². The monoisotopic (exact) mass is 459 g/mol. The van der Waals surface area contributed by atoms with E-state index >= 15 is 0 Å². The number of nitrogens with zero attached hydrogens (tertiary/aromatic N) is 2. The van der Waals surface area contributed by atoms with Crippen LogP contribution < -0.4 is 20.1 Å². The summed E-state index contributed by atoms with van der Waals surface area (Å²) in [6, 6.07) is 10.6. The molecule has 8 nitrogen and oxygen atoms in total. The molecule has 0 amide bonds. The van der Waals surface area contributed by atoms with E-state index in [-0.39, 0.29) is 10.8 Å². The zero-order chi connectivity index (χ0) is 23.5. The van der Waals surface area contributed by atoms with E-state index in [0.717, 1.165) is 5.56 Å². The second-order valence-corrected chi connectivity index (χ2v) is 9.92. The molecule has 10 heteroatoms. The molecule has 0 bridgehead atoms. The minimum atomic E-state index is -3.68. The molecule has 0 unspecified atom stereocenters. The topological polar surface area (TPSA) is 105 Å². The average Bonchev–Trinajstić information content (AvgIpc) is 2.68. The van der Waals surface area contributed by atoms with Crippen LogP contribution in [0.1, 0.15) is 26.3 Å². The molecule has 0 radical (unpaired) electrons. The van der Waals surface area contributed by atoms with Crippen LogP contribution in [-0.2, 0) is 10.0 Å². The maximum atomic E-state index is 13.8. The molecule has 0 aliphatic heterocycles. The molecule has 3 N–H and O–H groups in total. The van der Waals surface area contributed by atoms with Gasteiger partial charge in [0.2, 0.25) is 16.0 Å². The lowest BCUT2D eigenvalue weighted by atomic mass is 10.1. The van der Waals surface area contributed by atoms with Crippen molar-refractivity contribution in [3.63, 3.8) is 0 Å². The Bertz CT molecular complexity index is 1230. The zero-order valence-corrected chi connectivity index (χ0v) is 19.3. The van der Waals surface area contributed by atoms with Crippen molar-refractivity contribution in [3.05, 3.63) is 60.0 Å². The molecule has 32 heavy (non-hydrogen) atoms. The highest BCUT2D eigenvalue weighted by atomic mass is 32.2. The van der Waals surface area contributed by atoms with Gasteiger partial charge in [0.05, 0.1) is 12.0 Å². The molecular formula is C22H26FN5O3S. The highest BCUT2D eigenvalue weighted by Crippen LogP contribution is 2.25. The predicted molar refractivity (Wildman–Crippen MR) is 123 cm³/mol. The summed E-state index contributed by atoms with van der Waals surface area (Å²) in [5.41, 5.74) is 1.11. The van der Waals surface area contributed by atoms with Crippen LogP contribution in [-0.4, -0.2) is 31.0 Å². The molecule has 3 rings (SSSR count). The number of benzene rings is 2. The number of halogens is 1. The summed E-state index contributed by atoms with van der Waals surface area (Å²) in [5, 5.41) is 6.07. The summed E-state index contributed by atoms with van der Waals surface area (Å²) in [6.07, 6.45) is 1.61. The summed E-state index contributed by atoms with van der Waals surface area (Å²) < 4.78 is 46.7. The lowest BCUT2D eigenvalue weighted by Gasteiger charge is -2.20. The second kappa shape index (κ2) is 9.09. The number of rotatable bonds is 7. The first-order chi connectivity index (χ1) is 14.9. The fourth-order valence-electron chi connectivity index (χ4n) is 2.85. The van der Waals surface area contributed by atoms with E-state index in [4.69, 9.17) is 4.74 Å². The van der Waals surface area contributed by atoms with Crippen LogP contribution in [0.5, 0.6) is 5.75 Å². The van der Waals surface area contributed by atoms with Gasteiger partial charge in [-0.25, -0.2) is 22.5 Å². The Balaban J connectivity index is 1.85. The van der Waals surface area contributed by atoms with E-state index < -0.39 is 21.4 Å². The summed E-state index contributed by atoms with van der Waals surface area (Å²) >= 11 is 0. The van der Waals surface area contributed by atoms with E-state index in [0.29, 0.717) is 22.9 Å². The maximum absolute atomic E-state index is 13.8. The summed E-state index contributed by atoms with van der Waals surface area (Å²) in [7, 11) is -2.23. The molecule has 0 aliphatic rings. The number of aryl methyl sites for hydroxylation is 1. The number of hydrogen-bond donors (Lipinski definition) is 3. The van der Waals surface area contributed by atoms with Crippen LogP contribution in [0, 0.1) is 12.7 Å². The quantitative estimate of drug-likeness (QED) is 0.478. The van der Waals surface area contributed by atoms with Crippen molar-refractivity contribution in [2.45, 2.75) is 38.1 Å². The summed E-state index contributed by atoms with van der Waals surface area (Å²) in [5.74, 6) is 0.618. The first-order valence-corrected chi connectivity index (χ1v) is 11.3. The highest BCUT2D eigenvalue weighted by molar-refractivity contribution is 7.89. The zero-order valence-electron chi connectivity index (χ0n) is 18.5. The second-order valence-electron chi connectivity index (χ2n) is 8.24. The largest absolute Gasteiger partial charge is 0.497 e. The molecule has 0 spiro atoms. The van der Waals surface area contributed by atoms with Gasteiger partial charge in [0.25, 0.3) is 0 Å². The number of methoxy groups -OCH3 is 1. The fourth-order valence-corrected chi connectivity index (χ4v) is 4.31. The van der Waals surface area contributed by atoms with Gasteiger partial charge >= 0.3 is 0 Å². The molecule has 0 saturated heterocycles. The minimum absolute atomic E-state index is 0.134. The molecule has 0 atom stereocenters. The number of anilines is 4. The number of ether oxygens (including phenoxy) is 1. The van der Waals surface area contributed by atoms with Crippen molar-refractivity contribution in [2.24, 2.45) is 0 Å². The molecular weight excluding hydrogens is 433 g/mol. The number of sulfonamides is 1. The van der Waals surface area contributed by atoms with Gasteiger partial charge in [0.1, 0.15) is 17.4 Å². The Labute approximate surface area is 187 Å². The Morgan fingerprint density at radius 2 is 1.78 bits per heavy atom. The molecule has 2 aromatic carbocycles. The molecule has 3 aromatic rings. The van der Waals surface area contributed by atoms with Gasteiger partial charge in [-0.2, -0.15) is 4.98 Å². The van der Waals surface area contributed by atoms with Gasteiger partial charge in [-0.05, 0) is 52.0 Å². The van der Waals surface area contributed by atoms with Gasteiger partial charge in [-0.15, -0.1) is 0 Å². The van der Waals surface area contributed by atoms with E-state index in [1.807, 2.05) is 6.92 Å². The Morgan fingerprint density at radius 1 is 1.03 bits per heavy atom. The molecule has 1 heterocycles. The lowest BCUT2D eigenvalue weighted by Crippen LogP contribution is -2.40. The summed E-state index contributed by atoms with van der Waals surface area (Å²) in [4.78, 5) is 8.80. The smallest absolute Gasteiger partial charge is 0.241 e. The van der Waals surface area contributed by atoms with Crippen molar-refractivity contribution in [1.82, 2.24) is 14.7 Å². The SMILES string of the molecule is COc1cc(F)cc(Nc2ncc(C)c(Nc3cccc(S(=O)(=O)NC(C)(C)C)c3)n2)c1. The molecule has 1 aromatic heterocycles. The molecule has 0 fully saturated rings.